The fourth-order valence-electron chi connectivity index (χ4n) is 5.79. The summed E-state index contributed by atoms with van der Waals surface area (Å²) in [4.78, 5) is 29.1. The minimum atomic E-state index is -3.87. The van der Waals surface area contributed by atoms with Crippen LogP contribution >= 0.6 is 24.0 Å². The number of rotatable bonds is 18. The van der Waals surface area contributed by atoms with E-state index < -0.39 is 62.5 Å². The first-order valence-electron chi connectivity index (χ1n) is 16.3. The second kappa shape index (κ2) is 20.1. The molecule has 49 heavy (non-hydrogen) atoms. The van der Waals surface area contributed by atoms with E-state index in [4.69, 9.17) is 17.3 Å². The summed E-state index contributed by atoms with van der Waals surface area (Å²) in [7, 11) is -3.87. The van der Waals surface area contributed by atoms with E-state index in [1.165, 1.54) is 24.3 Å². The van der Waals surface area contributed by atoms with Crippen molar-refractivity contribution in [2.45, 2.75) is 89.3 Å². The minimum absolute atomic E-state index is 0. The van der Waals surface area contributed by atoms with E-state index >= 15 is 0 Å². The Balaban J connectivity index is 0.00000833. The fraction of sp³-hybridized carbons (Fsp3) is 0.444. The number of aryl methyl sites for hydroxylation is 1. The summed E-state index contributed by atoms with van der Waals surface area (Å²) in [5.74, 6) is -4.43. The summed E-state index contributed by atoms with van der Waals surface area (Å²) in [5.41, 5.74) is 8.40. The van der Waals surface area contributed by atoms with Crippen molar-refractivity contribution in [2.75, 3.05) is 12.3 Å². The molecule has 3 aromatic rings. The van der Waals surface area contributed by atoms with Crippen molar-refractivity contribution in [1.29, 1.82) is 0 Å². The van der Waals surface area contributed by atoms with Crippen molar-refractivity contribution in [1.82, 2.24) is 10.2 Å². The highest BCUT2D eigenvalue weighted by molar-refractivity contribution is 7.92. The Morgan fingerprint density at radius 1 is 0.918 bits per heavy atom. The molecule has 8 nitrogen and oxygen atoms in total. The smallest absolute Gasteiger partial charge is 0.260 e. The molecule has 3 rings (SSSR count). The van der Waals surface area contributed by atoms with Gasteiger partial charge in [-0.2, -0.15) is 0 Å². The Morgan fingerprint density at radius 2 is 1.53 bits per heavy atom. The Bertz CT molecular complexity index is 1620. The molecule has 0 saturated heterocycles. The molecule has 2 amide bonds. The van der Waals surface area contributed by atoms with Gasteiger partial charge in [-0.25, -0.2) is 17.2 Å². The molecule has 3 atom stereocenters. The lowest BCUT2D eigenvalue weighted by molar-refractivity contribution is -0.133. The normalized spacial score (nSPS) is 13.4. The van der Waals surface area contributed by atoms with Crippen LogP contribution in [0.5, 0.6) is 0 Å². The average Bonchev–Trinajstić information content (AvgIpc) is 3.03. The molecule has 0 aliphatic heterocycles. The number of imide groups is 1. The van der Waals surface area contributed by atoms with Crippen LogP contribution in [0, 0.1) is 11.6 Å². The molecule has 0 bridgehead atoms. The van der Waals surface area contributed by atoms with Gasteiger partial charge in [-0.1, -0.05) is 75.5 Å². The molecule has 4 N–H and O–H groups in total. The summed E-state index contributed by atoms with van der Waals surface area (Å²) in [6.45, 7) is 5.97. The molecule has 270 valence electrons. The number of carbonyl (C=O) groups is 2. The topological polar surface area (TPSA) is 130 Å². The Hall–Kier alpha value is -2.93. The van der Waals surface area contributed by atoms with E-state index in [-0.39, 0.29) is 41.5 Å². The van der Waals surface area contributed by atoms with E-state index in [1.807, 2.05) is 45.0 Å². The first-order valence-corrected chi connectivity index (χ1v) is 18.4. The van der Waals surface area contributed by atoms with E-state index in [1.54, 1.807) is 0 Å². The molecule has 13 heteroatoms. The van der Waals surface area contributed by atoms with Gasteiger partial charge in [0.2, 0.25) is 5.91 Å². The SMILES string of the molecule is CCCC(CCC)S(=O)(=O)CC(N)C(=O)N(C(=O)c1cccc(Cl)c1)[C@@H](Cc1cc(F)cc(F)c1)[C@H](O)CNCc1cccc(CC)c1.Cl. The Kier molecular flexibility index (Phi) is 17.3. The van der Waals surface area contributed by atoms with Gasteiger partial charge in [-0.15, -0.1) is 12.4 Å². The largest absolute Gasteiger partial charge is 0.390 e. The van der Waals surface area contributed by atoms with Crippen molar-refractivity contribution in [3.05, 3.63) is 106 Å². The number of hydrogen-bond acceptors (Lipinski definition) is 7. The molecule has 0 aliphatic rings. The van der Waals surface area contributed by atoms with Crippen LogP contribution in [-0.2, 0) is 34.0 Å². The molecule has 0 aliphatic carbocycles. The zero-order valence-corrected chi connectivity index (χ0v) is 30.5. The van der Waals surface area contributed by atoms with Crippen molar-refractivity contribution in [3.63, 3.8) is 0 Å². The van der Waals surface area contributed by atoms with Gasteiger partial charge >= 0.3 is 0 Å². The Morgan fingerprint density at radius 3 is 2.12 bits per heavy atom. The molecule has 3 aromatic carbocycles. The maximum atomic E-state index is 14.3. The molecule has 0 fully saturated rings. The maximum absolute atomic E-state index is 14.3. The van der Waals surface area contributed by atoms with Crippen molar-refractivity contribution >= 4 is 45.7 Å². The number of halogens is 4. The van der Waals surface area contributed by atoms with E-state index in [0.717, 1.165) is 34.6 Å². The number of benzene rings is 3. The summed E-state index contributed by atoms with van der Waals surface area (Å²) < 4.78 is 55.5. The highest BCUT2D eigenvalue weighted by Gasteiger charge is 2.40. The third-order valence-electron chi connectivity index (χ3n) is 8.21. The van der Waals surface area contributed by atoms with Crippen LogP contribution in [0.1, 0.15) is 73.5 Å². The highest BCUT2D eigenvalue weighted by Crippen LogP contribution is 2.23. The Labute approximate surface area is 299 Å². The zero-order chi connectivity index (χ0) is 35.4. The predicted octanol–water partition coefficient (Wildman–Crippen LogP) is 6.04. The summed E-state index contributed by atoms with van der Waals surface area (Å²) >= 11 is 6.17. The number of nitrogens with two attached hydrogens (primary N) is 1. The predicted molar refractivity (Wildman–Crippen MR) is 193 cm³/mol. The molecule has 0 saturated carbocycles. The van der Waals surface area contributed by atoms with E-state index in [2.05, 4.69) is 5.32 Å². The second-order valence-electron chi connectivity index (χ2n) is 12.1. The number of amides is 2. The number of hydrogen-bond donors (Lipinski definition) is 3. The van der Waals surface area contributed by atoms with Gasteiger partial charge in [0.15, 0.2) is 9.84 Å². The molecular formula is C36H47Cl2F2N3O5S. The van der Waals surface area contributed by atoms with Crippen molar-refractivity contribution in [3.8, 4) is 0 Å². The van der Waals surface area contributed by atoms with Crippen LogP contribution in [0.2, 0.25) is 5.02 Å². The lowest BCUT2D eigenvalue weighted by Crippen LogP contribution is -2.59. The lowest BCUT2D eigenvalue weighted by atomic mass is 9.97. The molecule has 0 heterocycles. The van der Waals surface area contributed by atoms with Gasteiger partial charge in [0.05, 0.1) is 29.2 Å². The van der Waals surface area contributed by atoms with Crippen LogP contribution in [-0.4, -0.2) is 66.0 Å². The molecular weight excluding hydrogens is 695 g/mol. The number of sulfone groups is 1. The number of nitrogens with one attached hydrogen (secondary N) is 1. The first kappa shape index (κ1) is 42.2. The standard InChI is InChI=1S/C36H46ClF2N3O5S.ClH/c1-4-9-31(10-5-2)48(46,47)23-32(40)36(45)42(35(44)27-13-8-14-28(37)19-27)33(18-26-16-29(38)20-30(39)17-26)34(43)22-41-21-25-12-7-11-24(6-3)15-25;/h7-8,11-17,19-20,31-34,41,43H,4-6,9-10,18,21-23,40H2,1-3H3;1H/t32?,33-,34+;/m0./s1. The summed E-state index contributed by atoms with van der Waals surface area (Å²) in [5, 5.41) is 14.2. The number of aliphatic hydroxyl groups excluding tert-OH is 1. The average molecular weight is 743 g/mol. The fourth-order valence-corrected chi connectivity index (χ4v) is 8.08. The third-order valence-corrected chi connectivity index (χ3v) is 10.8. The van der Waals surface area contributed by atoms with E-state index in [0.29, 0.717) is 38.3 Å². The molecule has 0 aromatic heterocycles. The zero-order valence-electron chi connectivity index (χ0n) is 28.1. The van der Waals surface area contributed by atoms with Crippen LogP contribution in [0.4, 0.5) is 8.78 Å². The quantitative estimate of drug-likeness (QED) is 0.145. The van der Waals surface area contributed by atoms with Crippen LogP contribution in [0.15, 0.2) is 66.7 Å². The molecule has 0 spiro atoms. The maximum Gasteiger partial charge on any atom is 0.260 e. The van der Waals surface area contributed by atoms with Crippen LogP contribution < -0.4 is 11.1 Å². The number of nitrogens with zero attached hydrogens (tertiary/aromatic N) is 1. The van der Waals surface area contributed by atoms with Crippen LogP contribution in [0.3, 0.4) is 0 Å². The second-order valence-corrected chi connectivity index (χ2v) is 14.8. The number of carbonyl (C=O) groups excluding carboxylic acids is 2. The first-order chi connectivity index (χ1) is 22.8. The highest BCUT2D eigenvalue weighted by atomic mass is 35.5. The van der Waals surface area contributed by atoms with Crippen molar-refractivity contribution in [2.24, 2.45) is 5.73 Å². The van der Waals surface area contributed by atoms with Gasteiger partial charge in [-0.05, 0) is 72.7 Å². The van der Waals surface area contributed by atoms with Crippen molar-refractivity contribution < 1.29 is 31.9 Å². The van der Waals surface area contributed by atoms with Crippen LogP contribution in [0.25, 0.3) is 0 Å². The minimum Gasteiger partial charge on any atom is -0.390 e. The summed E-state index contributed by atoms with van der Waals surface area (Å²) in [6, 6.07) is 13.3. The molecule has 0 radical (unpaired) electrons. The van der Waals surface area contributed by atoms with Gasteiger partial charge in [-0.3, -0.25) is 14.5 Å². The monoisotopic (exact) mass is 741 g/mol. The third kappa shape index (κ3) is 12.4. The van der Waals surface area contributed by atoms with Gasteiger partial charge in [0, 0.05) is 29.7 Å². The van der Waals surface area contributed by atoms with E-state index in [9.17, 15) is 31.9 Å². The molecule has 1 unspecified atom stereocenters. The van der Waals surface area contributed by atoms with Gasteiger partial charge in [0.1, 0.15) is 11.6 Å². The van der Waals surface area contributed by atoms with Gasteiger partial charge < -0.3 is 16.2 Å². The lowest BCUT2D eigenvalue weighted by Gasteiger charge is -2.35. The summed E-state index contributed by atoms with van der Waals surface area (Å²) in [6.07, 6.45) is 1.02. The van der Waals surface area contributed by atoms with Gasteiger partial charge in [0.25, 0.3) is 5.91 Å². The number of aliphatic hydroxyl groups is 1.